The first-order chi connectivity index (χ1) is 9.69. The fourth-order valence-electron chi connectivity index (χ4n) is 2.05. The highest BCUT2D eigenvalue weighted by Gasteiger charge is 2.41. The maximum Gasteiger partial charge on any atom is 0.330 e. The van der Waals surface area contributed by atoms with Crippen LogP contribution in [-0.2, 0) is 4.74 Å². The Bertz CT molecular complexity index is 480. The van der Waals surface area contributed by atoms with Gasteiger partial charge in [-0.1, -0.05) is 6.07 Å². The summed E-state index contributed by atoms with van der Waals surface area (Å²) in [7, 11) is 1.47. The zero-order valence-corrected chi connectivity index (χ0v) is 12.1. The summed E-state index contributed by atoms with van der Waals surface area (Å²) in [5.74, 6) is -3.66. The second-order valence-corrected chi connectivity index (χ2v) is 4.88. The monoisotopic (exact) mass is 309 g/mol. The molecular formula is C14H19F4NO2. The lowest BCUT2D eigenvalue weighted by molar-refractivity contribution is -0.166. The molecule has 1 unspecified atom stereocenters. The Morgan fingerprint density at radius 1 is 1.24 bits per heavy atom. The van der Waals surface area contributed by atoms with Crippen LogP contribution in [0.1, 0.15) is 22.7 Å². The molecule has 1 rings (SSSR count). The van der Waals surface area contributed by atoms with Crippen LogP contribution in [-0.4, -0.2) is 32.7 Å². The number of alkyl halides is 4. The third-order valence-electron chi connectivity index (χ3n) is 3.00. The summed E-state index contributed by atoms with van der Waals surface area (Å²) in [5.41, 5.74) is 8.29. The predicted octanol–water partition coefficient (Wildman–Crippen LogP) is 3.23. The third-order valence-corrected chi connectivity index (χ3v) is 3.00. The van der Waals surface area contributed by atoms with Crippen molar-refractivity contribution in [1.82, 2.24) is 0 Å². The molecule has 7 heteroatoms. The molecular weight excluding hydrogens is 290 g/mol. The normalized spacial score (nSPS) is 13.6. The molecule has 0 spiro atoms. The van der Waals surface area contributed by atoms with Crippen LogP contribution < -0.4 is 10.5 Å². The van der Waals surface area contributed by atoms with Gasteiger partial charge < -0.3 is 15.2 Å². The van der Waals surface area contributed by atoms with E-state index in [-0.39, 0.29) is 6.61 Å². The molecule has 2 N–H and O–H groups in total. The van der Waals surface area contributed by atoms with Crippen LogP contribution in [0.3, 0.4) is 0 Å². The Hall–Kier alpha value is -1.34. The zero-order valence-electron chi connectivity index (χ0n) is 12.1. The van der Waals surface area contributed by atoms with Crippen molar-refractivity contribution >= 4 is 0 Å². The molecule has 0 fully saturated rings. The van der Waals surface area contributed by atoms with Gasteiger partial charge in [-0.3, -0.25) is 0 Å². The van der Waals surface area contributed by atoms with Crippen molar-refractivity contribution in [2.75, 3.05) is 20.3 Å². The van der Waals surface area contributed by atoms with Crippen LogP contribution in [0.5, 0.6) is 5.75 Å². The molecule has 0 bridgehead atoms. The molecule has 0 saturated carbocycles. The molecule has 3 nitrogen and oxygen atoms in total. The topological polar surface area (TPSA) is 44.5 Å². The van der Waals surface area contributed by atoms with E-state index >= 15 is 0 Å². The van der Waals surface area contributed by atoms with E-state index < -0.39 is 25.0 Å². The van der Waals surface area contributed by atoms with E-state index in [2.05, 4.69) is 4.74 Å². The number of ether oxygens (including phenoxy) is 2. The summed E-state index contributed by atoms with van der Waals surface area (Å²) in [6, 6.07) is 2.88. The van der Waals surface area contributed by atoms with Crippen LogP contribution in [0.2, 0.25) is 0 Å². The van der Waals surface area contributed by atoms with Crippen molar-refractivity contribution in [3.05, 3.63) is 28.8 Å². The Labute approximate surface area is 121 Å². The van der Waals surface area contributed by atoms with Gasteiger partial charge in [0.25, 0.3) is 0 Å². The molecule has 0 amide bonds. The Morgan fingerprint density at radius 2 is 1.86 bits per heavy atom. The lowest BCUT2D eigenvalue weighted by Gasteiger charge is -2.21. The molecule has 0 aliphatic rings. The van der Waals surface area contributed by atoms with Crippen molar-refractivity contribution in [3.63, 3.8) is 0 Å². The molecule has 1 atom stereocenters. The van der Waals surface area contributed by atoms with E-state index in [4.69, 9.17) is 10.5 Å². The summed E-state index contributed by atoms with van der Waals surface area (Å²) in [4.78, 5) is 0. The van der Waals surface area contributed by atoms with Crippen LogP contribution >= 0.6 is 0 Å². The number of aryl methyl sites for hydroxylation is 2. The van der Waals surface area contributed by atoms with Crippen LogP contribution in [0.15, 0.2) is 12.1 Å². The molecule has 1 aromatic rings. The summed E-state index contributed by atoms with van der Waals surface area (Å²) in [6.07, 6.45) is -3.76. The van der Waals surface area contributed by atoms with E-state index in [0.717, 1.165) is 11.1 Å². The number of rotatable bonds is 7. The van der Waals surface area contributed by atoms with Gasteiger partial charge >= 0.3 is 12.3 Å². The van der Waals surface area contributed by atoms with E-state index in [0.29, 0.717) is 11.3 Å². The van der Waals surface area contributed by atoms with E-state index in [1.54, 1.807) is 13.0 Å². The molecule has 0 saturated heterocycles. The van der Waals surface area contributed by atoms with Gasteiger partial charge in [-0.05, 0) is 31.0 Å². The first-order valence-corrected chi connectivity index (χ1v) is 6.33. The third kappa shape index (κ3) is 4.57. The second kappa shape index (κ2) is 7.09. The number of methoxy groups -OCH3 is 1. The van der Waals surface area contributed by atoms with E-state index in [1.165, 1.54) is 7.11 Å². The first kappa shape index (κ1) is 17.7. The van der Waals surface area contributed by atoms with Crippen molar-refractivity contribution in [2.45, 2.75) is 32.2 Å². The van der Waals surface area contributed by atoms with Gasteiger partial charge in [-0.25, -0.2) is 8.78 Å². The molecule has 0 heterocycles. The van der Waals surface area contributed by atoms with Crippen molar-refractivity contribution < 1.29 is 27.0 Å². The number of hydrogen-bond donors (Lipinski definition) is 1. The highest BCUT2D eigenvalue weighted by atomic mass is 19.3. The number of hydrogen-bond acceptors (Lipinski definition) is 3. The van der Waals surface area contributed by atoms with Gasteiger partial charge in [-0.15, -0.1) is 0 Å². The minimum absolute atomic E-state index is 0.303. The Morgan fingerprint density at radius 3 is 2.38 bits per heavy atom. The fourth-order valence-corrected chi connectivity index (χ4v) is 2.05. The molecule has 0 aromatic heterocycles. The summed E-state index contributed by atoms with van der Waals surface area (Å²) >= 11 is 0. The maximum atomic E-state index is 12.7. The zero-order chi connectivity index (χ0) is 16.2. The highest BCUT2D eigenvalue weighted by Crippen LogP contribution is 2.30. The average Bonchev–Trinajstić information content (AvgIpc) is 2.36. The summed E-state index contributed by atoms with van der Waals surface area (Å²) in [5, 5.41) is 0. The lowest BCUT2D eigenvalue weighted by Crippen LogP contribution is -2.33. The number of halogens is 4. The van der Waals surface area contributed by atoms with Crippen LogP contribution in [0.25, 0.3) is 0 Å². The lowest BCUT2D eigenvalue weighted by atomic mass is 9.99. The van der Waals surface area contributed by atoms with Crippen molar-refractivity contribution in [1.29, 1.82) is 0 Å². The Balaban J connectivity index is 2.75. The van der Waals surface area contributed by atoms with Crippen molar-refractivity contribution in [3.8, 4) is 5.75 Å². The van der Waals surface area contributed by atoms with Gasteiger partial charge in [-0.2, -0.15) is 8.78 Å². The molecule has 21 heavy (non-hydrogen) atoms. The SMILES string of the molecule is COc1cc(C)cc(C)c1C(N)COCC(F)(F)C(F)F. The van der Waals surface area contributed by atoms with Gasteiger partial charge in [0.1, 0.15) is 12.4 Å². The van der Waals surface area contributed by atoms with Crippen molar-refractivity contribution in [2.24, 2.45) is 5.73 Å². The number of nitrogens with two attached hydrogens (primary N) is 1. The predicted molar refractivity (Wildman–Crippen MR) is 71.2 cm³/mol. The summed E-state index contributed by atoms with van der Waals surface area (Å²) in [6.45, 7) is 2.01. The van der Waals surface area contributed by atoms with E-state index in [1.807, 2.05) is 13.0 Å². The molecule has 0 aliphatic heterocycles. The molecule has 0 aliphatic carbocycles. The first-order valence-electron chi connectivity index (χ1n) is 6.33. The van der Waals surface area contributed by atoms with Gasteiger partial charge in [0, 0.05) is 5.56 Å². The highest BCUT2D eigenvalue weighted by molar-refractivity contribution is 5.45. The van der Waals surface area contributed by atoms with Crippen LogP contribution in [0.4, 0.5) is 17.6 Å². The van der Waals surface area contributed by atoms with Gasteiger partial charge in [0.05, 0.1) is 19.8 Å². The summed E-state index contributed by atoms with van der Waals surface area (Å²) < 4.78 is 59.3. The minimum atomic E-state index is -4.17. The second-order valence-electron chi connectivity index (χ2n) is 4.88. The molecule has 1 aromatic carbocycles. The van der Waals surface area contributed by atoms with E-state index in [9.17, 15) is 17.6 Å². The minimum Gasteiger partial charge on any atom is -0.496 e. The van der Waals surface area contributed by atoms with Gasteiger partial charge in [0.2, 0.25) is 0 Å². The molecule has 0 radical (unpaired) electrons. The quantitative estimate of drug-likeness (QED) is 0.787. The molecule has 120 valence electrons. The standard InChI is InChI=1S/C14H19F4NO2/c1-8-4-9(2)12(11(5-8)20-3)10(19)6-21-7-14(17,18)13(15)16/h4-5,10,13H,6-7,19H2,1-3H3. The smallest absolute Gasteiger partial charge is 0.330 e. The fraction of sp³-hybridized carbons (Fsp3) is 0.571. The average molecular weight is 309 g/mol. The Kier molecular flexibility index (Phi) is 5.98. The maximum absolute atomic E-state index is 12.7. The van der Waals surface area contributed by atoms with Crippen LogP contribution in [0, 0.1) is 13.8 Å². The number of benzene rings is 1. The van der Waals surface area contributed by atoms with Gasteiger partial charge in [0.15, 0.2) is 0 Å². The largest absolute Gasteiger partial charge is 0.496 e.